The van der Waals surface area contributed by atoms with Gasteiger partial charge in [-0.05, 0) is 58.7 Å². The van der Waals surface area contributed by atoms with Crippen LogP contribution >= 0.6 is 27.5 Å². The number of aryl methyl sites for hydroxylation is 1. The van der Waals surface area contributed by atoms with Gasteiger partial charge in [0.15, 0.2) is 5.78 Å². The first-order valence-corrected chi connectivity index (χ1v) is 6.42. The molecule has 18 heavy (non-hydrogen) atoms. The molecule has 2 aromatic carbocycles. The van der Waals surface area contributed by atoms with E-state index in [9.17, 15) is 9.18 Å². The second-order valence-corrected chi connectivity index (χ2v) is 5.24. The van der Waals surface area contributed by atoms with E-state index in [-0.39, 0.29) is 15.8 Å². The van der Waals surface area contributed by atoms with Gasteiger partial charge in [-0.2, -0.15) is 0 Å². The summed E-state index contributed by atoms with van der Waals surface area (Å²) >= 11 is 8.96. The Morgan fingerprint density at radius 3 is 2.67 bits per heavy atom. The van der Waals surface area contributed by atoms with E-state index >= 15 is 0 Å². The Bertz CT molecular complexity index is 605. The van der Waals surface area contributed by atoms with Gasteiger partial charge in [-0.1, -0.05) is 17.7 Å². The lowest BCUT2D eigenvalue weighted by atomic mass is 10.0. The summed E-state index contributed by atoms with van der Waals surface area (Å²) in [5.41, 5.74) is 1.28. The molecular formula is C14H9BrClFO. The minimum Gasteiger partial charge on any atom is -0.288 e. The van der Waals surface area contributed by atoms with Gasteiger partial charge in [0.1, 0.15) is 5.82 Å². The zero-order valence-corrected chi connectivity index (χ0v) is 11.8. The maximum atomic E-state index is 13.8. The number of halogens is 3. The summed E-state index contributed by atoms with van der Waals surface area (Å²) in [6, 6.07) is 9.60. The quantitative estimate of drug-likeness (QED) is 0.725. The molecule has 0 spiro atoms. The lowest BCUT2D eigenvalue weighted by Crippen LogP contribution is -2.05. The Kier molecular flexibility index (Phi) is 3.83. The molecule has 0 aliphatic heterocycles. The van der Waals surface area contributed by atoms with Gasteiger partial charge in [0.2, 0.25) is 0 Å². The second-order valence-electron chi connectivity index (χ2n) is 3.95. The van der Waals surface area contributed by atoms with Crippen molar-refractivity contribution in [2.45, 2.75) is 6.92 Å². The lowest BCUT2D eigenvalue weighted by Gasteiger charge is -2.05. The van der Waals surface area contributed by atoms with Crippen LogP contribution in [0.25, 0.3) is 0 Å². The molecule has 0 saturated carbocycles. The fraction of sp³-hybridized carbons (Fsp3) is 0.0714. The first-order chi connectivity index (χ1) is 8.49. The molecule has 0 radical (unpaired) electrons. The molecule has 1 nitrogen and oxygen atoms in total. The van der Waals surface area contributed by atoms with Crippen LogP contribution in [0.1, 0.15) is 21.5 Å². The first kappa shape index (κ1) is 13.2. The highest BCUT2D eigenvalue weighted by Crippen LogP contribution is 2.23. The van der Waals surface area contributed by atoms with Crippen LogP contribution in [0.2, 0.25) is 5.02 Å². The molecule has 0 aliphatic rings. The van der Waals surface area contributed by atoms with Gasteiger partial charge in [-0.15, -0.1) is 0 Å². The largest absolute Gasteiger partial charge is 0.288 e. The first-order valence-electron chi connectivity index (χ1n) is 5.25. The Labute approximate surface area is 118 Å². The molecule has 0 amide bonds. The standard InChI is InChI=1S/C14H9BrClFO/c1-8-5-9(7-10(16)6-8)14(18)11-3-2-4-12(15)13(11)17/h2-7H,1H3. The molecule has 2 rings (SSSR count). The molecule has 0 unspecified atom stereocenters. The Morgan fingerprint density at radius 1 is 1.28 bits per heavy atom. The summed E-state index contributed by atoms with van der Waals surface area (Å²) in [6.45, 7) is 1.83. The average Bonchev–Trinajstić information content (AvgIpc) is 2.30. The molecule has 0 N–H and O–H groups in total. The maximum absolute atomic E-state index is 13.8. The SMILES string of the molecule is Cc1cc(Cl)cc(C(=O)c2cccc(Br)c2F)c1. The number of hydrogen-bond donors (Lipinski definition) is 0. The summed E-state index contributed by atoms with van der Waals surface area (Å²) in [4.78, 5) is 12.2. The topological polar surface area (TPSA) is 17.1 Å². The average molecular weight is 328 g/mol. The number of hydrogen-bond acceptors (Lipinski definition) is 1. The number of carbonyl (C=O) groups excluding carboxylic acids is 1. The molecule has 2 aromatic rings. The van der Waals surface area contributed by atoms with E-state index in [0.717, 1.165) is 5.56 Å². The minimum absolute atomic E-state index is 0.0334. The fourth-order valence-corrected chi connectivity index (χ4v) is 2.36. The second kappa shape index (κ2) is 5.21. The molecule has 4 heteroatoms. The van der Waals surface area contributed by atoms with Gasteiger partial charge in [0, 0.05) is 10.6 Å². The zero-order valence-electron chi connectivity index (χ0n) is 9.51. The molecule has 0 aromatic heterocycles. The Morgan fingerprint density at radius 2 is 2.00 bits per heavy atom. The molecule has 0 aliphatic carbocycles. The number of benzene rings is 2. The van der Waals surface area contributed by atoms with Crippen molar-refractivity contribution in [2.75, 3.05) is 0 Å². The molecule has 0 atom stereocenters. The van der Waals surface area contributed by atoms with Gasteiger partial charge in [0.05, 0.1) is 10.0 Å². The number of carbonyl (C=O) groups is 1. The van der Waals surface area contributed by atoms with E-state index < -0.39 is 5.82 Å². The van der Waals surface area contributed by atoms with Gasteiger partial charge in [0.25, 0.3) is 0 Å². The van der Waals surface area contributed by atoms with Crippen LogP contribution < -0.4 is 0 Å². The third kappa shape index (κ3) is 2.62. The summed E-state index contributed by atoms with van der Waals surface area (Å²) in [6.07, 6.45) is 0. The molecule has 0 heterocycles. The molecule has 0 saturated heterocycles. The smallest absolute Gasteiger partial charge is 0.196 e. The highest BCUT2D eigenvalue weighted by molar-refractivity contribution is 9.10. The van der Waals surface area contributed by atoms with Crippen LogP contribution in [0.5, 0.6) is 0 Å². The van der Waals surface area contributed by atoms with Gasteiger partial charge in [-0.25, -0.2) is 4.39 Å². The third-order valence-corrected chi connectivity index (χ3v) is 3.33. The molecule has 0 fully saturated rings. The van der Waals surface area contributed by atoms with Crippen LogP contribution in [0.4, 0.5) is 4.39 Å². The maximum Gasteiger partial charge on any atom is 0.196 e. The normalized spacial score (nSPS) is 10.4. The molecular weight excluding hydrogens is 319 g/mol. The van der Waals surface area contributed by atoms with E-state index in [1.54, 1.807) is 24.3 Å². The van der Waals surface area contributed by atoms with Crippen LogP contribution in [0, 0.1) is 12.7 Å². The predicted octanol–water partition coefficient (Wildman–Crippen LogP) is 4.78. The zero-order chi connectivity index (χ0) is 13.3. The Hall–Kier alpha value is -1.19. The van der Waals surface area contributed by atoms with Gasteiger partial charge >= 0.3 is 0 Å². The van der Waals surface area contributed by atoms with E-state index in [1.165, 1.54) is 12.1 Å². The van der Waals surface area contributed by atoms with Crippen molar-refractivity contribution >= 4 is 33.3 Å². The molecule has 92 valence electrons. The third-order valence-electron chi connectivity index (χ3n) is 2.50. The summed E-state index contributed by atoms with van der Waals surface area (Å²) < 4.78 is 14.1. The summed E-state index contributed by atoms with van der Waals surface area (Å²) in [7, 11) is 0. The minimum atomic E-state index is -0.555. The monoisotopic (exact) mass is 326 g/mol. The van der Waals surface area contributed by atoms with Crippen molar-refractivity contribution in [3.05, 3.63) is 68.4 Å². The van der Waals surface area contributed by atoms with Crippen LogP contribution in [-0.2, 0) is 0 Å². The van der Waals surface area contributed by atoms with Crippen molar-refractivity contribution in [1.82, 2.24) is 0 Å². The van der Waals surface area contributed by atoms with Crippen LogP contribution in [0.15, 0.2) is 40.9 Å². The van der Waals surface area contributed by atoms with Gasteiger partial charge in [-0.3, -0.25) is 4.79 Å². The number of ketones is 1. The summed E-state index contributed by atoms with van der Waals surface area (Å²) in [5.74, 6) is -0.931. The van der Waals surface area contributed by atoms with Crippen molar-refractivity contribution < 1.29 is 9.18 Å². The van der Waals surface area contributed by atoms with Crippen LogP contribution in [-0.4, -0.2) is 5.78 Å². The highest BCUT2D eigenvalue weighted by Gasteiger charge is 2.16. The van der Waals surface area contributed by atoms with Crippen molar-refractivity contribution in [1.29, 1.82) is 0 Å². The van der Waals surface area contributed by atoms with Gasteiger partial charge < -0.3 is 0 Å². The lowest BCUT2D eigenvalue weighted by molar-refractivity contribution is 0.103. The van der Waals surface area contributed by atoms with Crippen molar-refractivity contribution in [3.8, 4) is 0 Å². The number of rotatable bonds is 2. The van der Waals surface area contributed by atoms with E-state index in [2.05, 4.69) is 15.9 Å². The summed E-state index contributed by atoms with van der Waals surface area (Å²) in [5, 5.41) is 0.466. The van der Waals surface area contributed by atoms with Crippen molar-refractivity contribution in [3.63, 3.8) is 0 Å². The Balaban J connectivity index is 2.51. The van der Waals surface area contributed by atoms with Crippen LogP contribution in [0.3, 0.4) is 0 Å². The fourth-order valence-electron chi connectivity index (χ4n) is 1.70. The van der Waals surface area contributed by atoms with E-state index in [0.29, 0.717) is 10.6 Å². The highest BCUT2D eigenvalue weighted by atomic mass is 79.9. The van der Waals surface area contributed by atoms with E-state index in [4.69, 9.17) is 11.6 Å². The van der Waals surface area contributed by atoms with E-state index in [1.807, 2.05) is 6.92 Å². The predicted molar refractivity (Wildman–Crippen MR) is 73.7 cm³/mol. The molecule has 0 bridgehead atoms. The van der Waals surface area contributed by atoms with Crippen molar-refractivity contribution in [2.24, 2.45) is 0 Å².